The van der Waals surface area contributed by atoms with Gasteiger partial charge in [-0.2, -0.15) is 5.26 Å². The van der Waals surface area contributed by atoms with Crippen molar-refractivity contribution in [2.75, 3.05) is 13.2 Å². The van der Waals surface area contributed by atoms with Crippen molar-refractivity contribution in [3.63, 3.8) is 0 Å². The Bertz CT molecular complexity index is 259. The van der Waals surface area contributed by atoms with E-state index in [1.807, 2.05) is 13.0 Å². The predicted octanol–water partition coefficient (Wildman–Crippen LogP) is -0.104. The molecule has 6 heteroatoms. The Balaban J connectivity index is 3.72. The van der Waals surface area contributed by atoms with Gasteiger partial charge < -0.3 is 15.2 Å². The normalized spacial score (nSPS) is 11.5. The second-order valence-electron chi connectivity index (χ2n) is 2.92. The first-order valence-corrected chi connectivity index (χ1v) is 4.56. The number of carboxylic acids is 1. The van der Waals surface area contributed by atoms with Gasteiger partial charge in [0.2, 0.25) is 5.91 Å². The molecule has 0 bridgehead atoms. The van der Waals surface area contributed by atoms with Crippen LogP contribution in [0.2, 0.25) is 0 Å². The minimum absolute atomic E-state index is 0.198. The minimum Gasteiger partial charge on any atom is -0.480 e. The lowest BCUT2D eigenvalue weighted by Gasteiger charge is -2.12. The van der Waals surface area contributed by atoms with Crippen LogP contribution < -0.4 is 5.32 Å². The molecule has 1 unspecified atom stereocenters. The molecule has 0 saturated heterocycles. The maximum absolute atomic E-state index is 11.1. The van der Waals surface area contributed by atoms with Crippen molar-refractivity contribution in [2.24, 2.45) is 0 Å². The molecule has 0 saturated carbocycles. The van der Waals surface area contributed by atoms with Crippen LogP contribution in [0.25, 0.3) is 0 Å². The summed E-state index contributed by atoms with van der Waals surface area (Å²) in [6.45, 7) is 1.05. The van der Waals surface area contributed by atoms with Crippen LogP contribution in [0.5, 0.6) is 0 Å². The first kappa shape index (κ1) is 13.4. The number of nitrogens with one attached hydrogen (secondary N) is 1. The van der Waals surface area contributed by atoms with E-state index in [0.717, 1.165) is 0 Å². The van der Waals surface area contributed by atoms with Gasteiger partial charge >= 0.3 is 5.97 Å². The van der Waals surface area contributed by atoms with Crippen LogP contribution in [0.15, 0.2) is 0 Å². The van der Waals surface area contributed by atoms with E-state index in [0.29, 0.717) is 6.42 Å². The Labute approximate surface area is 87.8 Å². The molecule has 0 fully saturated rings. The highest BCUT2D eigenvalue weighted by Gasteiger charge is 2.10. The Morgan fingerprint density at radius 1 is 1.53 bits per heavy atom. The van der Waals surface area contributed by atoms with Gasteiger partial charge in [-0.15, -0.1) is 0 Å². The minimum atomic E-state index is -1.12. The van der Waals surface area contributed by atoms with Gasteiger partial charge in [-0.05, 0) is 6.42 Å². The molecule has 0 aromatic carbocycles. The lowest BCUT2D eigenvalue weighted by atomic mass is 10.2. The summed E-state index contributed by atoms with van der Waals surface area (Å²) in [5.41, 5.74) is 0. The smallest absolute Gasteiger partial charge is 0.329 e. The van der Waals surface area contributed by atoms with E-state index in [-0.39, 0.29) is 19.1 Å². The zero-order chi connectivity index (χ0) is 11.7. The van der Waals surface area contributed by atoms with Crippen molar-refractivity contribution in [1.29, 1.82) is 5.26 Å². The third kappa shape index (κ3) is 7.46. The number of nitrogens with zero attached hydrogens (tertiary/aromatic N) is 1. The van der Waals surface area contributed by atoms with Gasteiger partial charge in [0.05, 0.1) is 12.5 Å². The topological polar surface area (TPSA) is 99.4 Å². The molecule has 0 aliphatic rings. The van der Waals surface area contributed by atoms with Gasteiger partial charge in [0.25, 0.3) is 0 Å². The molecule has 0 heterocycles. The van der Waals surface area contributed by atoms with Crippen molar-refractivity contribution in [3.05, 3.63) is 0 Å². The zero-order valence-corrected chi connectivity index (χ0v) is 8.52. The lowest BCUT2D eigenvalue weighted by Crippen LogP contribution is -2.37. The quantitative estimate of drug-likeness (QED) is 0.616. The number of carboxylic acid groups (broad SMARTS) is 1. The molecule has 0 aliphatic heterocycles. The fraction of sp³-hybridized carbons (Fsp3) is 0.667. The number of carbonyl (C=O) groups excluding carboxylic acids is 1. The van der Waals surface area contributed by atoms with E-state index in [1.54, 1.807) is 0 Å². The number of rotatable bonds is 7. The van der Waals surface area contributed by atoms with E-state index in [2.05, 4.69) is 10.1 Å². The van der Waals surface area contributed by atoms with Gasteiger partial charge in [0.15, 0.2) is 0 Å². The van der Waals surface area contributed by atoms with Crippen molar-refractivity contribution in [2.45, 2.75) is 25.8 Å². The van der Waals surface area contributed by atoms with Crippen LogP contribution in [0.4, 0.5) is 0 Å². The maximum Gasteiger partial charge on any atom is 0.329 e. The van der Waals surface area contributed by atoms with E-state index < -0.39 is 18.5 Å². The lowest BCUT2D eigenvalue weighted by molar-refractivity contribution is -0.143. The van der Waals surface area contributed by atoms with Crippen LogP contribution in [0.3, 0.4) is 0 Å². The van der Waals surface area contributed by atoms with E-state index in [1.165, 1.54) is 0 Å². The third-order valence-electron chi connectivity index (χ3n) is 1.65. The molecule has 0 rings (SSSR count). The molecule has 1 atom stereocenters. The predicted molar refractivity (Wildman–Crippen MR) is 50.9 cm³/mol. The number of aliphatic carboxylic acids is 1. The van der Waals surface area contributed by atoms with E-state index in [9.17, 15) is 9.59 Å². The molecule has 6 nitrogen and oxygen atoms in total. The van der Waals surface area contributed by atoms with E-state index in [4.69, 9.17) is 10.4 Å². The van der Waals surface area contributed by atoms with Crippen LogP contribution in [-0.4, -0.2) is 36.2 Å². The SMILES string of the molecule is CCC(CC#N)NC(=O)COCC(=O)O. The molecule has 0 aliphatic carbocycles. The Kier molecular flexibility index (Phi) is 6.93. The molecular weight excluding hydrogens is 200 g/mol. The van der Waals surface area contributed by atoms with Gasteiger partial charge in [0.1, 0.15) is 13.2 Å². The van der Waals surface area contributed by atoms with Gasteiger partial charge in [-0.3, -0.25) is 4.79 Å². The molecule has 0 radical (unpaired) electrons. The highest BCUT2D eigenvalue weighted by atomic mass is 16.5. The Morgan fingerprint density at radius 3 is 2.67 bits per heavy atom. The average molecular weight is 214 g/mol. The highest BCUT2D eigenvalue weighted by molar-refractivity contribution is 5.78. The Hall–Kier alpha value is -1.61. The van der Waals surface area contributed by atoms with Crippen molar-refractivity contribution < 1.29 is 19.4 Å². The molecule has 15 heavy (non-hydrogen) atoms. The number of hydrogen-bond donors (Lipinski definition) is 2. The summed E-state index contributed by atoms with van der Waals surface area (Å²) in [6, 6.07) is 1.75. The second-order valence-corrected chi connectivity index (χ2v) is 2.92. The molecule has 84 valence electrons. The fourth-order valence-electron chi connectivity index (χ4n) is 0.908. The number of amides is 1. The van der Waals surface area contributed by atoms with Gasteiger partial charge in [-0.1, -0.05) is 6.92 Å². The summed E-state index contributed by atoms with van der Waals surface area (Å²) in [5.74, 6) is -1.52. The Morgan fingerprint density at radius 2 is 2.20 bits per heavy atom. The van der Waals surface area contributed by atoms with Crippen molar-refractivity contribution in [1.82, 2.24) is 5.32 Å². The average Bonchev–Trinajstić information content (AvgIpc) is 2.16. The van der Waals surface area contributed by atoms with Crippen molar-refractivity contribution >= 4 is 11.9 Å². The van der Waals surface area contributed by atoms with Gasteiger partial charge in [0, 0.05) is 6.04 Å². The molecule has 0 aromatic heterocycles. The summed E-state index contributed by atoms with van der Waals surface area (Å²) in [7, 11) is 0. The third-order valence-corrected chi connectivity index (χ3v) is 1.65. The van der Waals surface area contributed by atoms with Crippen LogP contribution in [-0.2, 0) is 14.3 Å². The highest BCUT2D eigenvalue weighted by Crippen LogP contribution is 1.95. The number of hydrogen-bond acceptors (Lipinski definition) is 4. The largest absolute Gasteiger partial charge is 0.480 e. The number of ether oxygens (including phenoxy) is 1. The summed E-state index contributed by atoms with van der Waals surface area (Å²) < 4.78 is 4.59. The summed E-state index contributed by atoms with van der Waals surface area (Å²) in [6.07, 6.45) is 0.888. The monoisotopic (exact) mass is 214 g/mol. The van der Waals surface area contributed by atoms with Crippen molar-refractivity contribution in [3.8, 4) is 6.07 Å². The molecule has 2 N–H and O–H groups in total. The summed E-state index contributed by atoms with van der Waals surface area (Å²) in [4.78, 5) is 21.2. The van der Waals surface area contributed by atoms with Crippen LogP contribution >= 0.6 is 0 Å². The van der Waals surface area contributed by atoms with Gasteiger partial charge in [-0.25, -0.2) is 4.79 Å². The molecule has 1 amide bonds. The maximum atomic E-state index is 11.1. The zero-order valence-electron chi connectivity index (χ0n) is 8.52. The van der Waals surface area contributed by atoms with Crippen LogP contribution in [0, 0.1) is 11.3 Å². The number of nitriles is 1. The molecule has 0 spiro atoms. The van der Waals surface area contributed by atoms with Crippen LogP contribution in [0.1, 0.15) is 19.8 Å². The van der Waals surface area contributed by atoms with E-state index >= 15 is 0 Å². The summed E-state index contributed by atoms with van der Waals surface area (Å²) >= 11 is 0. The first-order chi connectivity index (χ1) is 7.10. The molecule has 0 aromatic rings. The summed E-state index contributed by atoms with van der Waals surface area (Å²) in [5, 5.41) is 19.2. The molecular formula is C9H14N2O4. The fourth-order valence-corrected chi connectivity index (χ4v) is 0.908. The standard InChI is InChI=1S/C9H14N2O4/c1-2-7(3-4-10)11-8(12)5-15-6-9(13)14/h7H,2-3,5-6H2,1H3,(H,11,12)(H,13,14). The number of carbonyl (C=O) groups is 2. The first-order valence-electron chi connectivity index (χ1n) is 4.56. The second kappa shape index (κ2) is 7.76.